The van der Waals surface area contributed by atoms with E-state index in [1.165, 1.54) is 11.1 Å². The molecule has 1 rings (SSSR count). The summed E-state index contributed by atoms with van der Waals surface area (Å²) in [5.74, 6) is 0. The maximum Gasteiger partial charge on any atom is 0.0307 e. The molecule has 78 valence electrons. The predicted octanol–water partition coefficient (Wildman–Crippen LogP) is 3.84. The minimum absolute atomic E-state index is 0.196. The van der Waals surface area contributed by atoms with Gasteiger partial charge in [-0.3, -0.25) is 4.98 Å². The highest BCUT2D eigenvalue weighted by Crippen LogP contribution is 2.31. The van der Waals surface area contributed by atoms with Crippen LogP contribution in [0.25, 0.3) is 0 Å². The van der Waals surface area contributed by atoms with Gasteiger partial charge in [0.1, 0.15) is 0 Å². The third-order valence-electron chi connectivity index (χ3n) is 2.56. The number of halogens is 1. The second-order valence-corrected chi connectivity index (χ2v) is 6.12. The maximum atomic E-state index is 4.20. The number of alkyl halides is 1. The van der Waals surface area contributed by atoms with E-state index < -0.39 is 0 Å². The fraction of sp³-hybridized carbons (Fsp3) is 0.583. The van der Waals surface area contributed by atoms with Crippen LogP contribution in [0, 0.1) is 6.92 Å². The number of hydrogen-bond acceptors (Lipinski definition) is 1. The van der Waals surface area contributed by atoms with Crippen molar-refractivity contribution in [2.24, 2.45) is 0 Å². The summed E-state index contributed by atoms with van der Waals surface area (Å²) >= 11 is 3.61. The van der Waals surface area contributed by atoms with Gasteiger partial charge in [0.25, 0.3) is 0 Å². The van der Waals surface area contributed by atoms with Crippen LogP contribution in [0.1, 0.15) is 38.3 Å². The lowest BCUT2D eigenvalue weighted by atomic mass is 9.79. The van der Waals surface area contributed by atoms with Gasteiger partial charge in [-0.05, 0) is 36.0 Å². The van der Waals surface area contributed by atoms with E-state index in [2.05, 4.69) is 54.7 Å². The average molecular weight is 256 g/mol. The van der Waals surface area contributed by atoms with Crippen LogP contribution >= 0.6 is 15.9 Å². The first-order chi connectivity index (χ1) is 6.43. The topological polar surface area (TPSA) is 12.9 Å². The highest BCUT2D eigenvalue weighted by Gasteiger charge is 2.24. The Bertz CT molecular complexity index is 305. The van der Waals surface area contributed by atoms with Crippen molar-refractivity contribution in [1.82, 2.24) is 4.98 Å². The van der Waals surface area contributed by atoms with Gasteiger partial charge in [-0.15, -0.1) is 0 Å². The zero-order chi connectivity index (χ0) is 10.8. The van der Waals surface area contributed by atoms with Crippen LogP contribution in [-0.4, -0.2) is 9.81 Å². The Morgan fingerprint density at radius 1 is 1.50 bits per heavy atom. The third kappa shape index (κ3) is 2.81. The van der Waals surface area contributed by atoms with E-state index in [0.29, 0.717) is 4.83 Å². The predicted molar refractivity (Wildman–Crippen MR) is 65.0 cm³/mol. The van der Waals surface area contributed by atoms with E-state index in [9.17, 15) is 0 Å². The number of aryl methyl sites for hydroxylation is 1. The van der Waals surface area contributed by atoms with E-state index >= 15 is 0 Å². The molecular weight excluding hydrogens is 238 g/mol. The molecule has 1 aromatic heterocycles. The molecule has 2 heteroatoms. The van der Waals surface area contributed by atoms with Crippen molar-refractivity contribution in [1.29, 1.82) is 0 Å². The van der Waals surface area contributed by atoms with Crippen LogP contribution in [0.4, 0.5) is 0 Å². The number of nitrogens with zero attached hydrogens (tertiary/aromatic N) is 1. The molecule has 1 heterocycles. The van der Waals surface area contributed by atoms with Crippen molar-refractivity contribution >= 4 is 15.9 Å². The van der Waals surface area contributed by atoms with E-state index in [-0.39, 0.29) is 5.41 Å². The van der Waals surface area contributed by atoms with Gasteiger partial charge < -0.3 is 0 Å². The fourth-order valence-electron chi connectivity index (χ4n) is 1.99. The second-order valence-electron chi connectivity index (χ2n) is 4.56. The fourth-order valence-corrected chi connectivity index (χ4v) is 2.79. The maximum absolute atomic E-state index is 4.20. The molecule has 1 aromatic rings. The lowest BCUT2D eigenvalue weighted by Crippen LogP contribution is -2.22. The Hall–Kier alpha value is -0.370. The normalized spacial score (nSPS) is 14.1. The monoisotopic (exact) mass is 255 g/mol. The molecule has 1 nitrogen and oxygen atoms in total. The summed E-state index contributed by atoms with van der Waals surface area (Å²) in [5, 5.41) is 0. The smallest absolute Gasteiger partial charge is 0.0307 e. The number of hydrogen-bond donors (Lipinski definition) is 0. The molecule has 0 N–H and O–H groups in total. The second kappa shape index (κ2) is 4.43. The molecule has 14 heavy (non-hydrogen) atoms. The molecule has 0 aromatic carbocycles. The standard InChI is InChI=1S/C12H18BrN/c1-9-5-6-14-8-11(9)12(3,4)7-10(2)13/h5-6,8,10H,7H2,1-4H3. The Morgan fingerprint density at radius 2 is 2.14 bits per heavy atom. The van der Waals surface area contributed by atoms with Crippen molar-refractivity contribution in [2.45, 2.75) is 44.4 Å². The summed E-state index contributed by atoms with van der Waals surface area (Å²) in [5.41, 5.74) is 2.88. The first kappa shape index (κ1) is 11.7. The van der Waals surface area contributed by atoms with Crippen LogP contribution < -0.4 is 0 Å². The Labute approximate surface area is 95.1 Å². The molecule has 0 aliphatic carbocycles. The summed E-state index contributed by atoms with van der Waals surface area (Å²) in [4.78, 5) is 4.74. The van der Waals surface area contributed by atoms with Crippen LogP contribution in [-0.2, 0) is 5.41 Å². The van der Waals surface area contributed by atoms with Gasteiger partial charge in [-0.25, -0.2) is 0 Å². The summed E-state index contributed by atoms with van der Waals surface area (Å²) < 4.78 is 0. The van der Waals surface area contributed by atoms with Crippen molar-refractivity contribution in [2.75, 3.05) is 0 Å². The molecule has 0 aliphatic heterocycles. The zero-order valence-corrected chi connectivity index (χ0v) is 10.9. The van der Waals surface area contributed by atoms with Gasteiger partial charge in [0.05, 0.1) is 0 Å². The highest BCUT2D eigenvalue weighted by molar-refractivity contribution is 9.09. The van der Waals surface area contributed by atoms with Crippen molar-refractivity contribution in [3.8, 4) is 0 Å². The highest BCUT2D eigenvalue weighted by atomic mass is 79.9. The molecule has 0 spiro atoms. The number of aromatic nitrogens is 1. The molecule has 1 atom stereocenters. The van der Waals surface area contributed by atoms with Crippen molar-refractivity contribution < 1.29 is 0 Å². The molecule has 0 radical (unpaired) electrons. The number of rotatable bonds is 3. The lowest BCUT2D eigenvalue weighted by Gasteiger charge is -2.27. The van der Waals surface area contributed by atoms with Crippen LogP contribution in [0.15, 0.2) is 18.5 Å². The number of pyridine rings is 1. The van der Waals surface area contributed by atoms with E-state index in [1.54, 1.807) is 0 Å². The van der Waals surface area contributed by atoms with Gasteiger partial charge in [-0.2, -0.15) is 0 Å². The Kier molecular flexibility index (Phi) is 3.71. The van der Waals surface area contributed by atoms with Crippen molar-refractivity contribution in [3.63, 3.8) is 0 Å². The molecule has 0 saturated carbocycles. The first-order valence-electron chi connectivity index (χ1n) is 4.98. The van der Waals surface area contributed by atoms with Gasteiger partial charge in [0, 0.05) is 17.2 Å². The molecule has 0 fully saturated rings. The van der Waals surface area contributed by atoms with E-state index in [1.807, 2.05) is 12.4 Å². The van der Waals surface area contributed by atoms with E-state index in [0.717, 1.165) is 6.42 Å². The summed E-state index contributed by atoms with van der Waals surface area (Å²) in [7, 11) is 0. The van der Waals surface area contributed by atoms with Gasteiger partial charge in [-0.1, -0.05) is 36.7 Å². The third-order valence-corrected chi connectivity index (χ3v) is 2.88. The van der Waals surface area contributed by atoms with E-state index in [4.69, 9.17) is 0 Å². The van der Waals surface area contributed by atoms with Crippen molar-refractivity contribution in [3.05, 3.63) is 29.6 Å². The molecular formula is C12H18BrN. The summed E-state index contributed by atoms with van der Waals surface area (Å²) in [6, 6.07) is 2.08. The SMILES string of the molecule is Cc1ccncc1C(C)(C)CC(C)Br. The summed E-state index contributed by atoms with van der Waals surface area (Å²) in [6.07, 6.45) is 4.97. The minimum Gasteiger partial charge on any atom is -0.264 e. The van der Waals surface area contributed by atoms with Crippen LogP contribution in [0.3, 0.4) is 0 Å². The van der Waals surface area contributed by atoms with Crippen LogP contribution in [0.5, 0.6) is 0 Å². The van der Waals surface area contributed by atoms with Gasteiger partial charge in [0.2, 0.25) is 0 Å². The molecule has 0 bridgehead atoms. The lowest BCUT2D eigenvalue weighted by molar-refractivity contribution is 0.478. The first-order valence-corrected chi connectivity index (χ1v) is 5.90. The quantitative estimate of drug-likeness (QED) is 0.749. The molecule has 1 unspecified atom stereocenters. The average Bonchev–Trinajstić information content (AvgIpc) is 2.02. The molecule has 0 amide bonds. The Balaban J connectivity index is 2.97. The molecule has 0 saturated heterocycles. The zero-order valence-electron chi connectivity index (χ0n) is 9.34. The summed E-state index contributed by atoms with van der Waals surface area (Å²) in [6.45, 7) is 8.88. The van der Waals surface area contributed by atoms with Gasteiger partial charge in [0.15, 0.2) is 0 Å². The van der Waals surface area contributed by atoms with Crippen LogP contribution in [0.2, 0.25) is 0 Å². The Morgan fingerprint density at radius 3 is 2.64 bits per heavy atom. The minimum atomic E-state index is 0.196. The van der Waals surface area contributed by atoms with Gasteiger partial charge >= 0.3 is 0 Å². The largest absolute Gasteiger partial charge is 0.264 e. The molecule has 0 aliphatic rings.